The van der Waals surface area contributed by atoms with Gasteiger partial charge in [0, 0.05) is 22.5 Å². The average Bonchev–Trinajstić information content (AvgIpc) is 2.70. The number of nitrogens with one attached hydrogen (secondary N) is 1. The third-order valence-corrected chi connectivity index (χ3v) is 4.70. The zero-order chi connectivity index (χ0) is 21.8. The number of halogens is 1. The molecule has 3 aromatic rings. The molecular formula is C22H20ClN3O4. The highest BCUT2D eigenvalue weighted by atomic mass is 35.5. The molecule has 0 radical (unpaired) electrons. The first-order valence-electron chi connectivity index (χ1n) is 9.16. The molecule has 8 heteroatoms. The summed E-state index contributed by atoms with van der Waals surface area (Å²) >= 11 is 5.90. The summed E-state index contributed by atoms with van der Waals surface area (Å²) in [6.07, 6.45) is 0. The van der Waals surface area contributed by atoms with Crippen LogP contribution in [0.4, 0.5) is 5.69 Å². The molecule has 1 heterocycles. The summed E-state index contributed by atoms with van der Waals surface area (Å²) in [7, 11) is 0. The molecule has 0 fully saturated rings. The molecular weight excluding hydrogens is 406 g/mol. The van der Waals surface area contributed by atoms with Crippen LogP contribution in [0.1, 0.15) is 27.3 Å². The van der Waals surface area contributed by atoms with Crippen molar-refractivity contribution < 1.29 is 14.3 Å². The fraction of sp³-hybridized carbons (Fsp3) is 0.182. The smallest absolute Gasteiger partial charge is 0.363 e. The van der Waals surface area contributed by atoms with Crippen molar-refractivity contribution in [3.8, 4) is 5.69 Å². The molecule has 154 valence electrons. The first-order valence-corrected chi connectivity index (χ1v) is 9.54. The number of benzene rings is 2. The van der Waals surface area contributed by atoms with Gasteiger partial charge < -0.3 is 10.1 Å². The summed E-state index contributed by atoms with van der Waals surface area (Å²) in [5, 5.41) is 7.38. The maximum absolute atomic E-state index is 12.4. The molecule has 0 aliphatic heterocycles. The van der Waals surface area contributed by atoms with Crippen molar-refractivity contribution in [2.45, 2.75) is 20.8 Å². The van der Waals surface area contributed by atoms with Crippen LogP contribution in [0.2, 0.25) is 5.02 Å². The molecule has 3 rings (SSSR count). The first kappa shape index (κ1) is 21.3. The Hall–Kier alpha value is -3.45. The van der Waals surface area contributed by atoms with Crippen molar-refractivity contribution >= 4 is 29.2 Å². The third kappa shape index (κ3) is 4.75. The molecule has 0 saturated heterocycles. The van der Waals surface area contributed by atoms with Crippen molar-refractivity contribution in [2.24, 2.45) is 0 Å². The molecule has 0 bridgehead atoms. The van der Waals surface area contributed by atoms with E-state index in [2.05, 4.69) is 10.4 Å². The van der Waals surface area contributed by atoms with Crippen LogP contribution in [0.25, 0.3) is 5.69 Å². The lowest BCUT2D eigenvalue weighted by atomic mass is 10.1. The van der Waals surface area contributed by atoms with Crippen LogP contribution < -0.4 is 10.7 Å². The minimum Gasteiger partial charge on any atom is -0.451 e. The Kier molecular flexibility index (Phi) is 6.32. The predicted octanol–water partition coefficient (Wildman–Crippen LogP) is 3.61. The van der Waals surface area contributed by atoms with E-state index in [0.29, 0.717) is 22.1 Å². The topological polar surface area (TPSA) is 90.3 Å². The quantitative estimate of drug-likeness (QED) is 0.630. The summed E-state index contributed by atoms with van der Waals surface area (Å²) in [5.41, 5.74) is 2.61. The van der Waals surface area contributed by atoms with Gasteiger partial charge >= 0.3 is 5.97 Å². The van der Waals surface area contributed by atoms with E-state index in [4.69, 9.17) is 16.3 Å². The standard InChI is InChI=1S/C22H20ClN3O4/c1-13-5-4-6-14(2)20(13)24-19(28)12-30-22(29)21-18(27)11-15(3)26(25-21)17-9-7-16(23)8-10-17/h4-11H,12H2,1-3H3,(H,24,28). The Labute approximate surface area is 178 Å². The van der Waals surface area contributed by atoms with Crippen LogP contribution >= 0.6 is 11.6 Å². The summed E-state index contributed by atoms with van der Waals surface area (Å²) in [4.78, 5) is 36.9. The van der Waals surface area contributed by atoms with Gasteiger partial charge in [-0.15, -0.1) is 0 Å². The first-order chi connectivity index (χ1) is 14.3. The molecule has 0 atom stereocenters. The van der Waals surface area contributed by atoms with E-state index in [1.807, 2.05) is 32.0 Å². The van der Waals surface area contributed by atoms with E-state index >= 15 is 0 Å². The van der Waals surface area contributed by atoms with E-state index < -0.39 is 29.6 Å². The van der Waals surface area contributed by atoms with Gasteiger partial charge in [-0.05, 0) is 56.2 Å². The van der Waals surface area contributed by atoms with Crippen LogP contribution in [0.5, 0.6) is 0 Å². The highest BCUT2D eigenvalue weighted by Gasteiger charge is 2.18. The number of aromatic nitrogens is 2. The van der Waals surface area contributed by atoms with E-state index in [-0.39, 0.29) is 0 Å². The number of esters is 1. The highest BCUT2D eigenvalue weighted by molar-refractivity contribution is 6.30. The SMILES string of the molecule is Cc1cccc(C)c1NC(=O)COC(=O)c1nn(-c2ccc(Cl)cc2)c(C)cc1=O. The Balaban J connectivity index is 1.75. The van der Waals surface area contributed by atoms with Crippen molar-refractivity contribution in [2.75, 3.05) is 11.9 Å². The Morgan fingerprint density at radius 2 is 1.70 bits per heavy atom. The third-order valence-electron chi connectivity index (χ3n) is 4.45. The van der Waals surface area contributed by atoms with Gasteiger partial charge in [0.2, 0.25) is 11.1 Å². The molecule has 0 unspecified atom stereocenters. The molecule has 0 aliphatic carbocycles. The molecule has 7 nitrogen and oxygen atoms in total. The van der Waals surface area contributed by atoms with Crippen LogP contribution in [-0.4, -0.2) is 28.3 Å². The number of amides is 1. The Morgan fingerprint density at radius 1 is 1.07 bits per heavy atom. The van der Waals surface area contributed by atoms with Gasteiger partial charge in [-0.1, -0.05) is 29.8 Å². The molecule has 1 amide bonds. The van der Waals surface area contributed by atoms with Gasteiger partial charge in [-0.3, -0.25) is 9.59 Å². The summed E-state index contributed by atoms with van der Waals surface area (Å²) < 4.78 is 6.46. The molecule has 30 heavy (non-hydrogen) atoms. The maximum Gasteiger partial charge on any atom is 0.363 e. The average molecular weight is 426 g/mol. The molecule has 1 aromatic heterocycles. The van der Waals surface area contributed by atoms with Crippen molar-refractivity contribution in [3.05, 3.63) is 86.3 Å². The van der Waals surface area contributed by atoms with Crippen molar-refractivity contribution in [1.29, 1.82) is 0 Å². The summed E-state index contributed by atoms with van der Waals surface area (Å²) in [6, 6.07) is 13.7. The van der Waals surface area contributed by atoms with Gasteiger partial charge in [0.1, 0.15) is 0 Å². The van der Waals surface area contributed by atoms with Crippen molar-refractivity contribution in [3.63, 3.8) is 0 Å². The van der Waals surface area contributed by atoms with Crippen LogP contribution in [0.3, 0.4) is 0 Å². The number of hydrogen-bond acceptors (Lipinski definition) is 5. The van der Waals surface area contributed by atoms with Crippen LogP contribution in [0, 0.1) is 20.8 Å². The summed E-state index contributed by atoms with van der Waals surface area (Å²) in [5.74, 6) is -1.48. The number of carbonyl (C=O) groups is 2. The second-order valence-electron chi connectivity index (χ2n) is 6.78. The Morgan fingerprint density at radius 3 is 2.33 bits per heavy atom. The lowest BCUT2D eigenvalue weighted by Gasteiger charge is -2.12. The van der Waals surface area contributed by atoms with Crippen molar-refractivity contribution in [1.82, 2.24) is 9.78 Å². The predicted molar refractivity (Wildman–Crippen MR) is 114 cm³/mol. The van der Waals surface area contributed by atoms with Gasteiger partial charge in [-0.25, -0.2) is 9.48 Å². The van der Waals surface area contributed by atoms with Crippen LogP contribution in [0.15, 0.2) is 53.3 Å². The van der Waals surface area contributed by atoms with Gasteiger partial charge in [0.15, 0.2) is 6.61 Å². The monoisotopic (exact) mass is 425 g/mol. The fourth-order valence-corrected chi connectivity index (χ4v) is 3.05. The minimum atomic E-state index is -0.973. The van der Waals surface area contributed by atoms with Gasteiger partial charge in [-0.2, -0.15) is 5.10 Å². The summed E-state index contributed by atoms with van der Waals surface area (Å²) in [6.45, 7) is 4.88. The van der Waals surface area contributed by atoms with E-state index in [1.165, 1.54) is 10.7 Å². The molecule has 0 spiro atoms. The second-order valence-corrected chi connectivity index (χ2v) is 7.21. The molecule has 2 aromatic carbocycles. The lowest BCUT2D eigenvalue weighted by Crippen LogP contribution is -2.27. The van der Waals surface area contributed by atoms with Gasteiger partial charge in [0.25, 0.3) is 5.91 Å². The number of ether oxygens (including phenoxy) is 1. The zero-order valence-corrected chi connectivity index (χ0v) is 17.5. The zero-order valence-electron chi connectivity index (χ0n) is 16.7. The number of rotatable bonds is 5. The van der Waals surface area contributed by atoms with Gasteiger partial charge in [0.05, 0.1) is 5.69 Å². The number of anilines is 1. The fourth-order valence-electron chi connectivity index (χ4n) is 2.92. The number of hydrogen-bond donors (Lipinski definition) is 1. The highest BCUT2D eigenvalue weighted by Crippen LogP contribution is 2.19. The molecule has 1 N–H and O–H groups in total. The number of para-hydroxylation sites is 1. The van der Waals surface area contributed by atoms with E-state index in [9.17, 15) is 14.4 Å². The van der Waals surface area contributed by atoms with E-state index in [1.54, 1.807) is 31.2 Å². The minimum absolute atomic E-state index is 0.407. The largest absolute Gasteiger partial charge is 0.451 e. The second kappa shape index (κ2) is 8.92. The van der Waals surface area contributed by atoms with Crippen LogP contribution in [-0.2, 0) is 9.53 Å². The van der Waals surface area contributed by atoms with E-state index in [0.717, 1.165) is 11.1 Å². The lowest BCUT2D eigenvalue weighted by molar-refractivity contribution is -0.119. The molecule has 0 aliphatic rings. The Bertz CT molecular complexity index is 1150. The normalized spacial score (nSPS) is 10.5. The number of aryl methyl sites for hydroxylation is 3. The molecule has 0 saturated carbocycles. The number of carbonyl (C=O) groups excluding carboxylic acids is 2. The number of nitrogens with zero attached hydrogens (tertiary/aromatic N) is 2. The maximum atomic E-state index is 12.4.